The van der Waals surface area contributed by atoms with Crippen molar-refractivity contribution in [3.8, 4) is 0 Å². The van der Waals surface area contributed by atoms with Crippen LogP contribution in [0, 0.1) is 6.92 Å². The Labute approximate surface area is 106 Å². The Balaban J connectivity index is 2.60. The van der Waals surface area contributed by atoms with Crippen LogP contribution < -0.4 is 5.73 Å². The van der Waals surface area contributed by atoms with Crippen molar-refractivity contribution < 1.29 is 9.53 Å². The summed E-state index contributed by atoms with van der Waals surface area (Å²) in [6, 6.07) is 7.44. The predicted molar refractivity (Wildman–Crippen MR) is 71.3 cm³/mol. The normalized spacial score (nSPS) is 12.7. The summed E-state index contributed by atoms with van der Waals surface area (Å²) in [5, 5.41) is 1.10. The second kappa shape index (κ2) is 4.82. The Morgan fingerprint density at radius 1 is 1.44 bits per heavy atom. The molecule has 0 saturated carbocycles. The van der Waals surface area contributed by atoms with Crippen molar-refractivity contribution in [2.75, 3.05) is 7.11 Å². The third-order valence-electron chi connectivity index (χ3n) is 3.18. The first-order chi connectivity index (χ1) is 8.58. The molecule has 0 radical (unpaired) electrons. The van der Waals surface area contributed by atoms with Crippen LogP contribution in [0.5, 0.6) is 0 Å². The standard InChI is InChI=1S/C14H18N2O2/c1-4-16-11-6-5-9(2)7-10(11)8-12(16)13(15)14(17)18-3/h5-8,13H,4,15H2,1-3H3. The van der Waals surface area contributed by atoms with Crippen LogP contribution in [0.1, 0.15) is 24.2 Å². The van der Waals surface area contributed by atoms with E-state index in [0.717, 1.165) is 23.1 Å². The molecule has 0 fully saturated rings. The summed E-state index contributed by atoms with van der Waals surface area (Å²) in [6.45, 7) is 4.85. The van der Waals surface area contributed by atoms with E-state index in [2.05, 4.69) is 22.8 Å². The van der Waals surface area contributed by atoms with Crippen LogP contribution in [-0.4, -0.2) is 17.6 Å². The smallest absolute Gasteiger partial charge is 0.328 e. The Hall–Kier alpha value is -1.81. The van der Waals surface area contributed by atoms with Crippen LogP contribution in [0.3, 0.4) is 0 Å². The van der Waals surface area contributed by atoms with Gasteiger partial charge in [0.25, 0.3) is 0 Å². The zero-order chi connectivity index (χ0) is 13.3. The van der Waals surface area contributed by atoms with Crippen molar-refractivity contribution in [2.45, 2.75) is 26.4 Å². The lowest BCUT2D eigenvalue weighted by Gasteiger charge is -2.12. The average molecular weight is 246 g/mol. The fraction of sp³-hybridized carbons (Fsp3) is 0.357. The average Bonchev–Trinajstić information content (AvgIpc) is 2.74. The molecule has 0 bridgehead atoms. The van der Waals surface area contributed by atoms with Gasteiger partial charge in [0.15, 0.2) is 0 Å². The topological polar surface area (TPSA) is 57.2 Å². The van der Waals surface area contributed by atoms with Gasteiger partial charge in [0.05, 0.1) is 7.11 Å². The summed E-state index contributed by atoms with van der Waals surface area (Å²) in [4.78, 5) is 11.6. The fourth-order valence-electron chi connectivity index (χ4n) is 2.27. The number of nitrogens with two attached hydrogens (primary N) is 1. The Morgan fingerprint density at radius 2 is 2.17 bits per heavy atom. The molecule has 0 saturated heterocycles. The molecular weight excluding hydrogens is 228 g/mol. The number of esters is 1. The highest BCUT2D eigenvalue weighted by atomic mass is 16.5. The van der Waals surface area contributed by atoms with Crippen LogP contribution in [0.2, 0.25) is 0 Å². The highest BCUT2D eigenvalue weighted by Gasteiger charge is 2.21. The quantitative estimate of drug-likeness (QED) is 0.844. The summed E-state index contributed by atoms with van der Waals surface area (Å²) in [6.07, 6.45) is 0. The molecule has 18 heavy (non-hydrogen) atoms. The third kappa shape index (κ3) is 1.99. The van der Waals surface area contributed by atoms with Crippen molar-refractivity contribution in [2.24, 2.45) is 5.73 Å². The highest BCUT2D eigenvalue weighted by molar-refractivity contribution is 5.85. The molecule has 2 N–H and O–H groups in total. The monoisotopic (exact) mass is 246 g/mol. The summed E-state index contributed by atoms with van der Waals surface area (Å²) >= 11 is 0. The number of rotatable bonds is 3. The van der Waals surface area contributed by atoms with E-state index < -0.39 is 12.0 Å². The number of aromatic nitrogens is 1. The second-order valence-electron chi connectivity index (χ2n) is 4.38. The molecule has 2 rings (SSSR count). The number of hydrogen-bond donors (Lipinski definition) is 1. The van der Waals surface area contributed by atoms with Gasteiger partial charge in [0.2, 0.25) is 0 Å². The molecular formula is C14H18N2O2. The second-order valence-corrected chi connectivity index (χ2v) is 4.38. The first-order valence-electron chi connectivity index (χ1n) is 6.01. The highest BCUT2D eigenvalue weighted by Crippen LogP contribution is 2.25. The number of nitrogens with zero attached hydrogens (tertiary/aromatic N) is 1. The first kappa shape index (κ1) is 12.6. The van der Waals surface area contributed by atoms with Crippen LogP contribution in [0.25, 0.3) is 10.9 Å². The van der Waals surface area contributed by atoms with Crippen molar-refractivity contribution in [1.82, 2.24) is 4.57 Å². The molecule has 0 amide bonds. The van der Waals surface area contributed by atoms with E-state index in [0.29, 0.717) is 0 Å². The van der Waals surface area contributed by atoms with Gasteiger partial charge in [-0.25, -0.2) is 4.79 Å². The molecule has 96 valence electrons. The molecule has 0 aliphatic rings. The van der Waals surface area contributed by atoms with Crippen LogP contribution in [0.15, 0.2) is 24.3 Å². The van der Waals surface area contributed by atoms with Gasteiger partial charge in [-0.2, -0.15) is 0 Å². The lowest BCUT2D eigenvalue weighted by atomic mass is 10.1. The maximum atomic E-state index is 11.6. The first-order valence-corrected chi connectivity index (χ1v) is 6.01. The molecule has 2 aromatic rings. The molecule has 4 nitrogen and oxygen atoms in total. The maximum Gasteiger partial charge on any atom is 0.328 e. The lowest BCUT2D eigenvalue weighted by molar-refractivity contribution is -0.142. The summed E-state index contributed by atoms with van der Waals surface area (Å²) in [7, 11) is 1.35. The van der Waals surface area contributed by atoms with E-state index in [4.69, 9.17) is 10.5 Å². The number of aryl methyl sites for hydroxylation is 2. The number of ether oxygens (including phenoxy) is 1. The fourth-order valence-corrected chi connectivity index (χ4v) is 2.27. The van der Waals surface area contributed by atoms with Crippen molar-refractivity contribution in [3.63, 3.8) is 0 Å². The van der Waals surface area contributed by atoms with Crippen LogP contribution >= 0.6 is 0 Å². The Kier molecular flexibility index (Phi) is 3.39. The number of methoxy groups -OCH3 is 1. The number of carbonyl (C=O) groups excluding carboxylic acids is 1. The van der Waals surface area contributed by atoms with E-state index in [9.17, 15) is 4.79 Å². The molecule has 1 aromatic heterocycles. The number of hydrogen-bond acceptors (Lipinski definition) is 3. The van der Waals surface area contributed by atoms with E-state index >= 15 is 0 Å². The van der Waals surface area contributed by atoms with E-state index in [-0.39, 0.29) is 0 Å². The van der Waals surface area contributed by atoms with Crippen molar-refractivity contribution >= 4 is 16.9 Å². The number of fused-ring (bicyclic) bond motifs is 1. The van der Waals surface area contributed by atoms with Gasteiger partial charge in [-0.3, -0.25) is 0 Å². The van der Waals surface area contributed by atoms with Gasteiger partial charge in [-0.05, 0) is 32.0 Å². The van der Waals surface area contributed by atoms with Gasteiger partial charge >= 0.3 is 5.97 Å². The Bertz CT molecular complexity index is 587. The summed E-state index contributed by atoms with van der Waals surface area (Å²) in [5.74, 6) is -0.413. The van der Waals surface area contributed by atoms with Crippen LogP contribution in [0.4, 0.5) is 0 Å². The molecule has 0 spiro atoms. The van der Waals surface area contributed by atoms with E-state index in [1.54, 1.807) is 0 Å². The zero-order valence-corrected chi connectivity index (χ0v) is 10.9. The minimum absolute atomic E-state index is 0.413. The largest absolute Gasteiger partial charge is 0.468 e. The molecule has 1 unspecified atom stereocenters. The minimum atomic E-state index is -0.734. The number of carbonyl (C=O) groups is 1. The Morgan fingerprint density at radius 3 is 2.78 bits per heavy atom. The molecule has 0 aliphatic carbocycles. The molecule has 0 aliphatic heterocycles. The van der Waals surface area contributed by atoms with Gasteiger partial charge in [0.1, 0.15) is 6.04 Å². The maximum absolute atomic E-state index is 11.6. The van der Waals surface area contributed by atoms with Gasteiger partial charge < -0.3 is 15.0 Å². The summed E-state index contributed by atoms with van der Waals surface area (Å²) < 4.78 is 6.76. The molecule has 4 heteroatoms. The minimum Gasteiger partial charge on any atom is -0.468 e. The predicted octanol–water partition coefficient (Wildman–Crippen LogP) is 2.14. The molecule has 1 aromatic carbocycles. The van der Waals surface area contributed by atoms with Crippen LogP contribution in [-0.2, 0) is 16.1 Å². The zero-order valence-electron chi connectivity index (χ0n) is 10.9. The van der Waals surface area contributed by atoms with Gasteiger partial charge in [0, 0.05) is 23.1 Å². The third-order valence-corrected chi connectivity index (χ3v) is 3.18. The van der Waals surface area contributed by atoms with E-state index in [1.807, 2.05) is 19.9 Å². The van der Waals surface area contributed by atoms with Gasteiger partial charge in [-0.15, -0.1) is 0 Å². The number of benzene rings is 1. The lowest BCUT2D eigenvalue weighted by Crippen LogP contribution is -2.25. The molecule has 1 atom stereocenters. The summed E-state index contributed by atoms with van der Waals surface area (Å²) in [5.41, 5.74) is 9.01. The van der Waals surface area contributed by atoms with Gasteiger partial charge in [-0.1, -0.05) is 11.6 Å². The van der Waals surface area contributed by atoms with Crippen molar-refractivity contribution in [1.29, 1.82) is 0 Å². The van der Waals surface area contributed by atoms with E-state index in [1.165, 1.54) is 12.7 Å². The molecule has 1 heterocycles. The SMILES string of the molecule is CCn1c(C(N)C(=O)OC)cc2cc(C)ccc21. The van der Waals surface area contributed by atoms with Crippen molar-refractivity contribution in [3.05, 3.63) is 35.5 Å².